The van der Waals surface area contributed by atoms with Gasteiger partial charge in [0.1, 0.15) is 0 Å². The summed E-state index contributed by atoms with van der Waals surface area (Å²) in [6.07, 6.45) is 1.97. The Kier molecular flexibility index (Phi) is 4.25. The fourth-order valence-corrected chi connectivity index (χ4v) is 1.54. The third-order valence-corrected chi connectivity index (χ3v) is 2.41. The lowest BCUT2D eigenvalue weighted by Gasteiger charge is -1.99. The van der Waals surface area contributed by atoms with E-state index in [1.165, 1.54) is 0 Å². The van der Waals surface area contributed by atoms with Gasteiger partial charge in [0.15, 0.2) is 0 Å². The van der Waals surface area contributed by atoms with Crippen molar-refractivity contribution in [2.45, 2.75) is 6.42 Å². The number of benzene rings is 2. The molecule has 0 aliphatic carbocycles. The quantitative estimate of drug-likeness (QED) is 0.645. The highest BCUT2D eigenvalue weighted by Gasteiger charge is 2.00. The molecule has 0 aliphatic rings. The van der Waals surface area contributed by atoms with Crippen LogP contribution in [0, 0.1) is 0 Å². The molecule has 90 valence electrons. The zero-order valence-corrected chi connectivity index (χ0v) is 9.91. The monoisotopic (exact) mass is 238 g/mol. The van der Waals surface area contributed by atoms with Gasteiger partial charge >= 0.3 is 0 Å². The number of rotatable bonds is 4. The molecule has 2 rings (SSSR count). The van der Waals surface area contributed by atoms with Crippen molar-refractivity contribution in [2.75, 3.05) is 0 Å². The SMILES string of the molecule is O=C(Cc1ccccc1)NN=Cc1ccccc1. The Hall–Kier alpha value is -2.42. The summed E-state index contributed by atoms with van der Waals surface area (Å²) in [5, 5.41) is 3.91. The molecule has 0 aliphatic heterocycles. The Morgan fingerprint density at radius 1 is 1.00 bits per heavy atom. The van der Waals surface area contributed by atoms with Crippen molar-refractivity contribution in [3.05, 3.63) is 71.8 Å². The second kappa shape index (κ2) is 6.35. The normalized spacial score (nSPS) is 10.4. The molecule has 0 spiro atoms. The lowest BCUT2D eigenvalue weighted by Crippen LogP contribution is -2.19. The molecule has 0 saturated heterocycles. The molecule has 1 amide bonds. The number of hydrogen-bond donors (Lipinski definition) is 1. The highest BCUT2D eigenvalue weighted by atomic mass is 16.2. The maximum Gasteiger partial charge on any atom is 0.244 e. The van der Waals surface area contributed by atoms with Gasteiger partial charge in [0.05, 0.1) is 12.6 Å². The van der Waals surface area contributed by atoms with Gasteiger partial charge < -0.3 is 0 Å². The number of hydrazone groups is 1. The van der Waals surface area contributed by atoms with Crippen LogP contribution in [0.25, 0.3) is 0 Å². The lowest BCUT2D eigenvalue weighted by molar-refractivity contribution is -0.120. The molecule has 0 fully saturated rings. The maximum atomic E-state index is 11.6. The van der Waals surface area contributed by atoms with Crippen LogP contribution in [0.4, 0.5) is 0 Å². The molecular formula is C15H14N2O. The average Bonchev–Trinajstić information content (AvgIpc) is 2.41. The van der Waals surface area contributed by atoms with Crippen LogP contribution in [0.3, 0.4) is 0 Å². The van der Waals surface area contributed by atoms with E-state index in [9.17, 15) is 4.79 Å². The van der Waals surface area contributed by atoms with E-state index in [1.807, 2.05) is 60.7 Å². The van der Waals surface area contributed by atoms with Crippen LogP contribution in [0.15, 0.2) is 65.8 Å². The number of nitrogens with one attached hydrogen (secondary N) is 1. The molecule has 0 heterocycles. The van der Waals surface area contributed by atoms with Crippen molar-refractivity contribution in [1.29, 1.82) is 0 Å². The summed E-state index contributed by atoms with van der Waals surface area (Å²) >= 11 is 0. The van der Waals surface area contributed by atoms with Gasteiger partial charge in [0.25, 0.3) is 0 Å². The van der Waals surface area contributed by atoms with Crippen molar-refractivity contribution in [1.82, 2.24) is 5.43 Å². The van der Waals surface area contributed by atoms with Gasteiger partial charge in [0.2, 0.25) is 5.91 Å². The Bertz CT molecular complexity index is 521. The number of carbonyl (C=O) groups is 1. The van der Waals surface area contributed by atoms with Crippen molar-refractivity contribution < 1.29 is 4.79 Å². The van der Waals surface area contributed by atoms with Crippen LogP contribution in [0.1, 0.15) is 11.1 Å². The van der Waals surface area contributed by atoms with Crippen molar-refractivity contribution in [3.8, 4) is 0 Å². The minimum Gasteiger partial charge on any atom is -0.273 e. The highest BCUT2D eigenvalue weighted by molar-refractivity contribution is 5.83. The fourth-order valence-electron chi connectivity index (χ4n) is 1.54. The lowest BCUT2D eigenvalue weighted by atomic mass is 10.1. The van der Waals surface area contributed by atoms with E-state index < -0.39 is 0 Å². The molecule has 0 atom stereocenters. The molecular weight excluding hydrogens is 224 g/mol. The van der Waals surface area contributed by atoms with Gasteiger partial charge in [-0.15, -0.1) is 0 Å². The van der Waals surface area contributed by atoms with E-state index in [4.69, 9.17) is 0 Å². The average molecular weight is 238 g/mol. The number of carbonyl (C=O) groups excluding carboxylic acids is 1. The molecule has 3 heteroatoms. The van der Waals surface area contributed by atoms with Crippen LogP contribution >= 0.6 is 0 Å². The first kappa shape index (κ1) is 12.0. The first-order chi connectivity index (χ1) is 8.84. The van der Waals surface area contributed by atoms with Gasteiger partial charge in [0, 0.05) is 0 Å². The molecule has 0 aromatic heterocycles. The summed E-state index contributed by atoms with van der Waals surface area (Å²) in [4.78, 5) is 11.6. The second-order valence-corrected chi connectivity index (χ2v) is 3.87. The Morgan fingerprint density at radius 2 is 1.61 bits per heavy atom. The van der Waals surface area contributed by atoms with Crippen LogP contribution in [-0.2, 0) is 11.2 Å². The minimum atomic E-state index is -0.117. The molecule has 0 radical (unpaired) electrons. The number of hydrogen-bond acceptors (Lipinski definition) is 2. The second-order valence-electron chi connectivity index (χ2n) is 3.87. The summed E-state index contributed by atoms with van der Waals surface area (Å²) in [7, 11) is 0. The van der Waals surface area contributed by atoms with E-state index in [0.717, 1.165) is 11.1 Å². The smallest absolute Gasteiger partial charge is 0.244 e. The standard InChI is InChI=1S/C15H14N2O/c18-15(11-13-7-3-1-4-8-13)17-16-12-14-9-5-2-6-10-14/h1-10,12H,11H2,(H,17,18). The Balaban J connectivity index is 1.84. The summed E-state index contributed by atoms with van der Waals surface area (Å²) in [6, 6.07) is 19.2. The fraction of sp³-hybridized carbons (Fsp3) is 0.0667. The van der Waals surface area contributed by atoms with Crippen molar-refractivity contribution >= 4 is 12.1 Å². The third kappa shape index (κ3) is 3.87. The van der Waals surface area contributed by atoms with Gasteiger partial charge in [-0.05, 0) is 11.1 Å². The molecule has 1 N–H and O–H groups in total. The molecule has 18 heavy (non-hydrogen) atoms. The van der Waals surface area contributed by atoms with Gasteiger partial charge in [-0.1, -0.05) is 60.7 Å². The predicted octanol–water partition coefficient (Wildman–Crippen LogP) is 2.38. The molecule has 3 nitrogen and oxygen atoms in total. The van der Waals surface area contributed by atoms with Crippen molar-refractivity contribution in [3.63, 3.8) is 0 Å². The minimum absolute atomic E-state index is 0.117. The first-order valence-electron chi connectivity index (χ1n) is 5.75. The van der Waals surface area contributed by atoms with Crippen LogP contribution in [0.5, 0.6) is 0 Å². The topological polar surface area (TPSA) is 41.5 Å². The highest BCUT2D eigenvalue weighted by Crippen LogP contribution is 1.99. The van der Waals surface area contributed by atoms with Crippen LogP contribution in [0.2, 0.25) is 0 Å². The van der Waals surface area contributed by atoms with Gasteiger partial charge in [-0.2, -0.15) is 5.10 Å². The number of nitrogens with zero attached hydrogens (tertiary/aromatic N) is 1. The molecule has 0 unspecified atom stereocenters. The van der Waals surface area contributed by atoms with Crippen LogP contribution in [-0.4, -0.2) is 12.1 Å². The molecule has 0 bridgehead atoms. The summed E-state index contributed by atoms with van der Waals surface area (Å²) in [5.41, 5.74) is 4.44. The largest absolute Gasteiger partial charge is 0.273 e. The number of amides is 1. The summed E-state index contributed by atoms with van der Waals surface area (Å²) < 4.78 is 0. The Morgan fingerprint density at radius 3 is 2.28 bits per heavy atom. The zero-order valence-electron chi connectivity index (χ0n) is 9.91. The molecule has 2 aromatic rings. The van der Waals surface area contributed by atoms with E-state index in [1.54, 1.807) is 6.21 Å². The summed E-state index contributed by atoms with van der Waals surface area (Å²) in [6.45, 7) is 0. The van der Waals surface area contributed by atoms with E-state index in [-0.39, 0.29) is 5.91 Å². The maximum absolute atomic E-state index is 11.6. The molecule has 2 aromatic carbocycles. The third-order valence-electron chi connectivity index (χ3n) is 2.41. The van der Waals surface area contributed by atoms with E-state index in [0.29, 0.717) is 6.42 Å². The summed E-state index contributed by atoms with van der Waals surface area (Å²) in [5.74, 6) is -0.117. The van der Waals surface area contributed by atoms with Crippen molar-refractivity contribution in [2.24, 2.45) is 5.10 Å². The first-order valence-corrected chi connectivity index (χ1v) is 5.75. The molecule has 0 saturated carbocycles. The van der Waals surface area contributed by atoms with E-state index in [2.05, 4.69) is 10.5 Å². The Labute approximate surface area is 106 Å². The van der Waals surface area contributed by atoms with Gasteiger partial charge in [-0.25, -0.2) is 5.43 Å². The predicted molar refractivity (Wildman–Crippen MR) is 72.3 cm³/mol. The van der Waals surface area contributed by atoms with Crippen LogP contribution < -0.4 is 5.43 Å². The van der Waals surface area contributed by atoms with Gasteiger partial charge in [-0.3, -0.25) is 4.79 Å². The van der Waals surface area contributed by atoms with E-state index >= 15 is 0 Å². The zero-order chi connectivity index (χ0) is 12.6.